The van der Waals surface area contributed by atoms with Crippen molar-refractivity contribution in [2.45, 2.75) is 70.9 Å². The molecule has 0 radical (unpaired) electrons. The molecule has 2 amide bonds. The number of unbranched alkanes of at least 4 members (excludes halogenated alkanes) is 1. The molecule has 2 aromatic heterocycles. The molecule has 0 aliphatic heterocycles. The number of thioether (sulfide) groups is 1. The van der Waals surface area contributed by atoms with Crippen molar-refractivity contribution in [2.24, 2.45) is 5.92 Å². The van der Waals surface area contributed by atoms with Crippen LogP contribution in [0.25, 0.3) is 0 Å². The van der Waals surface area contributed by atoms with E-state index < -0.39 is 18.2 Å². The Kier molecular flexibility index (Phi) is 12.2. The van der Waals surface area contributed by atoms with Gasteiger partial charge in [0.2, 0.25) is 5.91 Å². The highest BCUT2D eigenvalue weighted by Crippen LogP contribution is 2.15. The van der Waals surface area contributed by atoms with Gasteiger partial charge in [-0.15, -0.1) is 11.8 Å². The second kappa shape index (κ2) is 15.2. The molecule has 0 fully saturated rings. The Morgan fingerprint density at radius 2 is 1.94 bits per heavy atom. The molecule has 34 heavy (non-hydrogen) atoms. The Bertz CT molecular complexity index is 874. The summed E-state index contributed by atoms with van der Waals surface area (Å²) in [6.45, 7) is 5.97. The van der Waals surface area contributed by atoms with E-state index in [9.17, 15) is 14.4 Å². The number of furan rings is 1. The fourth-order valence-electron chi connectivity index (χ4n) is 3.25. The molecule has 2 aromatic rings. The lowest BCUT2D eigenvalue weighted by Gasteiger charge is -2.23. The normalized spacial score (nSPS) is 12.7. The molecule has 0 unspecified atom stereocenters. The van der Waals surface area contributed by atoms with Gasteiger partial charge in [0.25, 0.3) is 0 Å². The number of hydrogen-bond acceptors (Lipinski definition) is 7. The summed E-state index contributed by atoms with van der Waals surface area (Å²) in [4.78, 5) is 42.4. The van der Waals surface area contributed by atoms with Gasteiger partial charge in [-0.3, -0.25) is 14.6 Å². The molecule has 2 N–H and O–H groups in total. The van der Waals surface area contributed by atoms with Gasteiger partial charge in [-0.25, -0.2) is 4.79 Å². The van der Waals surface area contributed by atoms with Crippen molar-refractivity contribution in [1.29, 1.82) is 0 Å². The first-order valence-electron chi connectivity index (χ1n) is 11.7. The van der Waals surface area contributed by atoms with Crippen molar-refractivity contribution in [3.8, 4) is 0 Å². The SMILES string of the molecule is CCCC[C@H](NC(=O)[C@H](CC(C)C)NC(=O)OCc1ccccn1)C(=O)CSCc1ccco1. The summed E-state index contributed by atoms with van der Waals surface area (Å²) in [5.74, 6) is 1.39. The van der Waals surface area contributed by atoms with Gasteiger partial charge < -0.3 is 19.8 Å². The maximum absolute atomic E-state index is 13.1. The molecular weight excluding hydrogens is 454 g/mol. The van der Waals surface area contributed by atoms with Gasteiger partial charge in [0, 0.05) is 6.20 Å². The van der Waals surface area contributed by atoms with Gasteiger partial charge in [0.1, 0.15) is 18.4 Å². The monoisotopic (exact) mass is 489 g/mol. The molecule has 0 saturated carbocycles. The lowest BCUT2D eigenvalue weighted by Crippen LogP contribution is -2.52. The molecule has 2 heterocycles. The third kappa shape index (κ3) is 10.4. The number of ether oxygens (including phenoxy) is 1. The van der Waals surface area contributed by atoms with Crippen LogP contribution >= 0.6 is 11.8 Å². The van der Waals surface area contributed by atoms with Crippen molar-refractivity contribution >= 4 is 29.5 Å². The number of rotatable bonds is 15. The van der Waals surface area contributed by atoms with Crippen LogP contribution in [0.1, 0.15) is 57.9 Å². The van der Waals surface area contributed by atoms with Gasteiger partial charge in [-0.2, -0.15) is 0 Å². The predicted octanol–water partition coefficient (Wildman–Crippen LogP) is 4.49. The number of pyridine rings is 1. The van der Waals surface area contributed by atoms with Crippen LogP contribution in [-0.2, 0) is 26.7 Å². The summed E-state index contributed by atoms with van der Waals surface area (Å²) in [7, 11) is 0. The molecule has 0 aromatic carbocycles. The Labute approximate surface area is 205 Å². The quantitative estimate of drug-likeness (QED) is 0.379. The number of nitrogens with one attached hydrogen (secondary N) is 2. The zero-order valence-corrected chi connectivity index (χ0v) is 20.9. The average Bonchev–Trinajstić information content (AvgIpc) is 3.33. The van der Waals surface area contributed by atoms with Crippen molar-refractivity contribution in [1.82, 2.24) is 15.6 Å². The van der Waals surface area contributed by atoms with E-state index in [4.69, 9.17) is 9.15 Å². The van der Waals surface area contributed by atoms with Crippen LogP contribution in [0, 0.1) is 5.92 Å². The van der Waals surface area contributed by atoms with E-state index in [1.54, 1.807) is 30.7 Å². The third-order valence-electron chi connectivity index (χ3n) is 5.01. The van der Waals surface area contributed by atoms with Gasteiger partial charge in [-0.1, -0.05) is 39.7 Å². The van der Waals surface area contributed by atoms with Gasteiger partial charge in [0.05, 0.1) is 29.5 Å². The minimum Gasteiger partial charge on any atom is -0.468 e. The average molecular weight is 490 g/mol. The predicted molar refractivity (Wildman–Crippen MR) is 132 cm³/mol. The van der Waals surface area contributed by atoms with Crippen LogP contribution in [0.2, 0.25) is 0 Å². The number of alkyl carbamates (subject to hydrolysis) is 1. The van der Waals surface area contributed by atoms with Crippen molar-refractivity contribution in [3.63, 3.8) is 0 Å². The first kappa shape index (κ1) is 27.4. The summed E-state index contributed by atoms with van der Waals surface area (Å²) in [6.07, 6.45) is 5.22. The van der Waals surface area contributed by atoms with E-state index in [2.05, 4.69) is 15.6 Å². The number of carbonyl (C=O) groups is 3. The lowest BCUT2D eigenvalue weighted by molar-refractivity contribution is -0.128. The van der Waals surface area contributed by atoms with Crippen molar-refractivity contribution in [3.05, 3.63) is 54.2 Å². The van der Waals surface area contributed by atoms with E-state index in [1.807, 2.05) is 32.9 Å². The molecule has 0 bridgehead atoms. The van der Waals surface area contributed by atoms with Gasteiger partial charge in [-0.05, 0) is 43.0 Å². The van der Waals surface area contributed by atoms with Gasteiger partial charge >= 0.3 is 6.09 Å². The molecular formula is C25H35N3O5S. The number of Topliss-reactive ketones (excluding diaryl/α,β-unsaturated/α-hetero) is 1. The second-order valence-electron chi connectivity index (χ2n) is 8.47. The fraction of sp³-hybridized carbons (Fsp3) is 0.520. The third-order valence-corrected chi connectivity index (χ3v) is 5.99. The van der Waals surface area contributed by atoms with E-state index in [1.165, 1.54) is 11.8 Å². The maximum atomic E-state index is 13.1. The first-order valence-corrected chi connectivity index (χ1v) is 12.8. The Morgan fingerprint density at radius 3 is 2.59 bits per heavy atom. The highest BCUT2D eigenvalue weighted by molar-refractivity contribution is 7.99. The fourth-order valence-corrected chi connectivity index (χ4v) is 4.12. The first-order chi connectivity index (χ1) is 16.4. The van der Waals surface area contributed by atoms with E-state index in [0.29, 0.717) is 24.3 Å². The molecule has 2 rings (SSSR count). The largest absolute Gasteiger partial charge is 0.468 e. The van der Waals surface area contributed by atoms with E-state index >= 15 is 0 Å². The summed E-state index contributed by atoms with van der Waals surface area (Å²) >= 11 is 1.45. The zero-order chi connectivity index (χ0) is 24.8. The summed E-state index contributed by atoms with van der Waals surface area (Å²) < 4.78 is 10.5. The number of amides is 2. The second-order valence-corrected chi connectivity index (χ2v) is 9.45. The van der Waals surface area contributed by atoms with Gasteiger partial charge in [0.15, 0.2) is 5.78 Å². The van der Waals surface area contributed by atoms with Crippen LogP contribution < -0.4 is 10.6 Å². The lowest BCUT2D eigenvalue weighted by atomic mass is 10.0. The minimum atomic E-state index is -0.802. The Balaban J connectivity index is 1.93. The topological polar surface area (TPSA) is 111 Å². The standard InChI is InChI=1S/C25H35N3O5S/c1-4-5-11-21(23(29)17-34-16-20-10-8-13-32-20)27-24(30)22(14-18(2)3)28-25(31)33-15-19-9-6-7-12-26-19/h6-10,12-13,18,21-22H,4-5,11,14-17H2,1-3H3,(H,27,30)(H,28,31)/t21-,22-/m0/s1. The summed E-state index contributed by atoms with van der Waals surface area (Å²) in [5, 5.41) is 5.52. The van der Waals surface area contributed by atoms with E-state index in [0.717, 1.165) is 18.6 Å². The molecule has 0 aliphatic carbocycles. The van der Waals surface area contributed by atoms with Crippen LogP contribution in [0.3, 0.4) is 0 Å². The van der Waals surface area contributed by atoms with Crippen LogP contribution in [-0.4, -0.2) is 40.6 Å². The Hall–Kier alpha value is -2.81. The van der Waals surface area contributed by atoms with Crippen LogP contribution in [0.15, 0.2) is 47.2 Å². The number of carbonyl (C=O) groups excluding carboxylic acids is 3. The number of nitrogens with zero attached hydrogens (tertiary/aromatic N) is 1. The number of aromatic nitrogens is 1. The molecule has 0 saturated heterocycles. The van der Waals surface area contributed by atoms with Crippen LogP contribution in [0.5, 0.6) is 0 Å². The summed E-state index contributed by atoms with van der Waals surface area (Å²) in [6, 6.07) is 7.60. The highest BCUT2D eigenvalue weighted by atomic mass is 32.2. The van der Waals surface area contributed by atoms with E-state index in [-0.39, 0.29) is 30.0 Å². The molecule has 0 aliphatic rings. The highest BCUT2D eigenvalue weighted by Gasteiger charge is 2.27. The minimum absolute atomic E-state index is 0.00714. The smallest absolute Gasteiger partial charge is 0.408 e. The van der Waals surface area contributed by atoms with Crippen LogP contribution in [0.4, 0.5) is 4.79 Å². The molecule has 8 nitrogen and oxygen atoms in total. The maximum Gasteiger partial charge on any atom is 0.408 e. The van der Waals surface area contributed by atoms with Crippen molar-refractivity contribution < 1.29 is 23.5 Å². The summed E-state index contributed by atoms with van der Waals surface area (Å²) in [5.41, 5.74) is 0.611. The number of ketones is 1. The molecule has 0 spiro atoms. The van der Waals surface area contributed by atoms with Crippen molar-refractivity contribution in [2.75, 3.05) is 5.75 Å². The molecule has 9 heteroatoms. The number of hydrogen-bond donors (Lipinski definition) is 2. The molecule has 2 atom stereocenters. The Morgan fingerprint density at radius 1 is 1.12 bits per heavy atom. The molecule has 186 valence electrons. The zero-order valence-electron chi connectivity index (χ0n) is 20.1.